The molecule has 2 N–H and O–H groups in total. The number of hydrogen-bond donors (Lipinski definition) is 2. The van der Waals surface area contributed by atoms with E-state index in [-0.39, 0.29) is 11.8 Å². The first kappa shape index (κ1) is 20.8. The highest BCUT2D eigenvalue weighted by Crippen LogP contribution is 2.27. The van der Waals surface area contributed by atoms with Crippen LogP contribution in [0.5, 0.6) is 0 Å². The van der Waals surface area contributed by atoms with Crippen LogP contribution in [-0.2, 0) is 4.79 Å². The maximum absolute atomic E-state index is 12.9. The van der Waals surface area contributed by atoms with Gasteiger partial charge in [0.2, 0.25) is 12.3 Å². The van der Waals surface area contributed by atoms with Crippen molar-refractivity contribution >= 4 is 29.6 Å². The van der Waals surface area contributed by atoms with Gasteiger partial charge in [0.15, 0.2) is 6.04 Å². The van der Waals surface area contributed by atoms with Crippen molar-refractivity contribution < 1.29 is 14.3 Å². The van der Waals surface area contributed by atoms with E-state index in [4.69, 9.17) is 11.6 Å². The number of nitrogens with one attached hydrogen (secondary N) is 2. The Morgan fingerprint density at radius 3 is 2.48 bits per heavy atom. The van der Waals surface area contributed by atoms with Crippen LogP contribution in [0.15, 0.2) is 72.8 Å². The zero-order valence-corrected chi connectivity index (χ0v) is 18.1. The standard InChI is InChI=1S/C25H22ClN3O2/c1-16-6-5-9-19(14-16)24(30)27-22-23(18-10-12-21(26)13-11-18)29(28-25(22)31)15-20-8-4-3-7-17(20)2/h3-15,22-23H,1-2H3,(H-,27,28,30,31)/p+1/b29-15-/t22-,23+/m1/s1. The molecule has 31 heavy (non-hydrogen) atoms. The number of hydrazone groups is 1. The summed E-state index contributed by atoms with van der Waals surface area (Å²) in [6.45, 7) is 3.94. The Kier molecular flexibility index (Phi) is 5.87. The molecule has 0 spiro atoms. The molecule has 0 bridgehead atoms. The summed E-state index contributed by atoms with van der Waals surface area (Å²) in [5.41, 5.74) is 7.32. The Labute approximate surface area is 186 Å². The number of nitrogens with zero attached hydrogens (tertiary/aromatic N) is 1. The molecule has 156 valence electrons. The molecule has 5 nitrogen and oxygen atoms in total. The number of halogens is 1. The third-order valence-corrected chi connectivity index (χ3v) is 5.63. The van der Waals surface area contributed by atoms with Gasteiger partial charge in [-0.25, -0.2) is 0 Å². The summed E-state index contributed by atoms with van der Waals surface area (Å²) in [5, 5.41) is 3.53. The highest BCUT2D eigenvalue weighted by atomic mass is 35.5. The van der Waals surface area contributed by atoms with Gasteiger partial charge in [0.05, 0.1) is 0 Å². The van der Waals surface area contributed by atoms with E-state index in [0.29, 0.717) is 10.6 Å². The molecule has 6 heteroatoms. The van der Waals surface area contributed by atoms with Crippen molar-refractivity contribution in [3.05, 3.63) is 106 Å². The van der Waals surface area contributed by atoms with Crippen molar-refractivity contribution in [1.82, 2.24) is 10.7 Å². The predicted molar refractivity (Wildman–Crippen MR) is 121 cm³/mol. The van der Waals surface area contributed by atoms with Gasteiger partial charge in [-0.05, 0) is 49.7 Å². The Bertz CT molecular complexity index is 1170. The second-order valence-corrected chi connectivity index (χ2v) is 8.12. The molecule has 4 rings (SSSR count). The van der Waals surface area contributed by atoms with E-state index in [9.17, 15) is 9.59 Å². The first-order chi connectivity index (χ1) is 14.9. The average molecular weight is 433 g/mol. The Hall–Kier alpha value is -3.44. The fourth-order valence-corrected chi connectivity index (χ4v) is 3.86. The van der Waals surface area contributed by atoms with Crippen molar-refractivity contribution in [3.8, 4) is 0 Å². The summed E-state index contributed by atoms with van der Waals surface area (Å²) >= 11 is 6.08. The first-order valence-electron chi connectivity index (χ1n) is 10.0. The molecule has 1 fully saturated rings. The monoisotopic (exact) mass is 432 g/mol. The van der Waals surface area contributed by atoms with E-state index in [1.165, 1.54) is 0 Å². The summed E-state index contributed by atoms with van der Waals surface area (Å²) in [6.07, 6.45) is 1.89. The molecule has 0 radical (unpaired) electrons. The lowest BCUT2D eigenvalue weighted by Gasteiger charge is -2.15. The Morgan fingerprint density at radius 2 is 1.77 bits per heavy atom. The quantitative estimate of drug-likeness (QED) is 0.613. The van der Waals surface area contributed by atoms with Crippen LogP contribution in [0.1, 0.15) is 38.7 Å². The number of hydrogen-bond acceptors (Lipinski definition) is 2. The second kappa shape index (κ2) is 8.74. The van der Waals surface area contributed by atoms with Gasteiger partial charge < -0.3 is 5.32 Å². The van der Waals surface area contributed by atoms with Crippen molar-refractivity contribution in [2.75, 3.05) is 0 Å². The van der Waals surface area contributed by atoms with Crippen LogP contribution in [0.25, 0.3) is 0 Å². The van der Waals surface area contributed by atoms with Crippen LogP contribution in [0.4, 0.5) is 0 Å². The summed E-state index contributed by atoms with van der Waals surface area (Å²) in [7, 11) is 0. The first-order valence-corrected chi connectivity index (χ1v) is 10.4. The van der Waals surface area contributed by atoms with Crippen LogP contribution in [-0.4, -0.2) is 28.8 Å². The maximum atomic E-state index is 12.9. The van der Waals surface area contributed by atoms with E-state index in [2.05, 4.69) is 10.7 Å². The van der Waals surface area contributed by atoms with Gasteiger partial charge in [-0.3, -0.25) is 9.59 Å². The van der Waals surface area contributed by atoms with Crippen molar-refractivity contribution in [3.63, 3.8) is 0 Å². The minimum absolute atomic E-state index is 0.272. The highest BCUT2D eigenvalue weighted by Gasteiger charge is 2.47. The lowest BCUT2D eigenvalue weighted by Crippen LogP contribution is -2.42. The number of hydrazine groups is 1. The van der Waals surface area contributed by atoms with E-state index in [0.717, 1.165) is 22.3 Å². The lowest BCUT2D eigenvalue weighted by molar-refractivity contribution is -0.596. The third-order valence-electron chi connectivity index (χ3n) is 5.38. The van der Waals surface area contributed by atoms with E-state index in [1.807, 2.05) is 68.6 Å². The van der Waals surface area contributed by atoms with Crippen molar-refractivity contribution in [1.29, 1.82) is 0 Å². The fourth-order valence-electron chi connectivity index (χ4n) is 3.73. The summed E-state index contributed by atoms with van der Waals surface area (Å²) < 4.78 is 1.76. The number of amides is 2. The molecule has 0 aliphatic carbocycles. The van der Waals surface area contributed by atoms with Crippen LogP contribution in [0.2, 0.25) is 5.02 Å². The Balaban J connectivity index is 1.72. The number of carbonyl (C=O) groups is 2. The predicted octanol–water partition coefficient (Wildman–Crippen LogP) is 3.97. The number of aryl methyl sites for hydroxylation is 2. The van der Waals surface area contributed by atoms with Crippen LogP contribution < -0.4 is 10.7 Å². The second-order valence-electron chi connectivity index (χ2n) is 7.69. The molecule has 1 aliphatic heterocycles. The molecular weight excluding hydrogens is 410 g/mol. The number of rotatable bonds is 4. The highest BCUT2D eigenvalue weighted by molar-refractivity contribution is 6.30. The largest absolute Gasteiger partial charge is 0.334 e. The molecule has 3 aromatic rings. The van der Waals surface area contributed by atoms with Gasteiger partial charge in [-0.15, -0.1) is 10.1 Å². The van der Waals surface area contributed by atoms with Gasteiger partial charge in [0.25, 0.3) is 5.91 Å². The zero-order valence-electron chi connectivity index (χ0n) is 17.3. The van der Waals surface area contributed by atoms with Crippen LogP contribution >= 0.6 is 11.6 Å². The normalized spacial score (nSPS) is 19.3. The SMILES string of the molecule is Cc1cccc(C(=O)N[C@H]2C(=O)N/[N+](=C\c3ccccc3C)[C@H]2c2ccc(Cl)cc2)c1. The van der Waals surface area contributed by atoms with Gasteiger partial charge in [-0.2, -0.15) is 0 Å². The molecule has 0 saturated carbocycles. The molecule has 1 aliphatic rings. The van der Waals surface area contributed by atoms with Crippen molar-refractivity contribution in [2.45, 2.75) is 25.9 Å². The topological polar surface area (TPSA) is 61.2 Å². The van der Waals surface area contributed by atoms with E-state index < -0.39 is 12.1 Å². The smallest absolute Gasteiger partial charge is 0.304 e. The van der Waals surface area contributed by atoms with Gasteiger partial charge in [-0.1, -0.05) is 59.6 Å². The number of carbonyl (C=O) groups excluding carboxylic acids is 2. The summed E-state index contributed by atoms with van der Waals surface area (Å²) in [6, 6.07) is 21.3. The molecule has 1 heterocycles. The van der Waals surface area contributed by atoms with E-state index >= 15 is 0 Å². The van der Waals surface area contributed by atoms with Gasteiger partial charge >= 0.3 is 5.91 Å². The maximum Gasteiger partial charge on any atom is 0.304 e. The van der Waals surface area contributed by atoms with Gasteiger partial charge in [0.1, 0.15) is 0 Å². The van der Waals surface area contributed by atoms with E-state index in [1.54, 1.807) is 28.9 Å². The van der Waals surface area contributed by atoms with Gasteiger partial charge in [0, 0.05) is 21.7 Å². The molecule has 3 aromatic carbocycles. The minimum Gasteiger partial charge on any atom is -0.334 e. The lowest BCUT2D eigenvalue weighted by atomic mass is 9.99. The number of benzene rings is 3. The summed E-state index contributed by atoms with van der Waals surface area (Å²) in [5.74, 6) is -0.564. The average Bonchev–Trinajstić information content (AvgIpc) is 3.05. The minimum atomic E-state index is -0.769. The fraction of sp³-hybridized carbons (Fsp3) is 0.160. The Morgan fingerprint density at radius 1 is 1.03 bits per heavy atom. The molecule has 1 saturated heterocycles. The molecule has 2 atom stereocenters. The molecule has 0 aromatic heterocycles. The third kappa shape index (κ3) is 4.52. The van der Waals surface area contributed by atoms with Crippen LogP contribution in [0.3, 0.4) is 0 Å². The van der Waals surface area contributed by atoms with Crippen LogP contribution in [0, 0.1) is 13.8 Å². The molecule has 0 unspecified atom stereocenters. The zero-order chi connectivity index (χ0) is 22.0. The van der Waals surface area contributed by atoms with Crippen molar-refractivity contribution in [2.24, 2.45) is 0 Å². The molecular formula is C25H23ClN3O2+. The molecule has 2 amide bonds. The summed E-state index contributed by atoms with van der Waals surface area (Å²) in [4.78, 5) is 25.8.